The summed E-state index contributed by atoms with van der Waals surface area (Å²) in [5.41, 5.74) is 3.08. The van der Waals surface area contributed by atoms with Gasteiger partial charge in [-0.25, -0.2) is 4.98 Å². The fourth-order valence-electron chi connectivity index (χ4n) is 3.58. The summed E-state index contributed by atoms with van der Waals surface area (Å²) in [6, 6.07) is 9.76. The molecule has 152 valence electrons. The van der Waals surface area contributed by atoms with Gasteiger partial charge in [0.15, 0.2) is 0 Å². The number of carbonyl (C=O) groups excluding carboxylic acids is 2. The van der Waals surface area contributed by atoms with Crippen LogP contribution in [0.1, 0.15) is 36.0 Å². The summed E-state index contributed by atoms with van der Waals surface area (Å²) in [7, 11) is 0. The number of aryl methyl sites for hydroxylation is 2. The third kappa shape index (κ3) is 4.94. The normalized spacial score (nSPS) is 18.8. The lowest BCUT2D eigenvalue weighted by Crippen LogP contribution is -2.33. The lowest BCUT2D eigenvalue weighted by Gasteiger charge is -2.16. The molecule has 1 aromatic carbocycles. The number of nitrogens with zero attached hydrogens (tertiary/aromatic N) is 2. The lowest BCUT2D eigenvalue weighted by atomic mass is 10.1. The monoisotopic (exact) mass is 393 g/mol. The SMILES string of the molecule is Cc1ccc(C)c(Oc2ccc(CNC(=O)[C@H]3CC(=O)N(CC4CC4)C3)cn2)c1. The van der Waals surface area contributed by atoms with E-state index in [2.05, 4.69) is 10.3 Å². The summed E-state index contributed by atoms with van der Waals surface area (Å²) in [6.07, 6.45) is 4.44. The highest BCUT2D eigenvalue weighted by Gasteiger charge is 2.36. The van der Waals surface area contributed by atoms with Gasteiger partial charge in [-0.2, -0.15) is 0 Å². The van der Waals surface area contributed by atoms with Gasteiger partial charge in [0.1, 0.15) is 5.75 Å². The Hall–Kier alpha value is -2.89. The summed E-state index contributed by atoms with van der Waals surface area (Å²) >= 11 is 0. The molecule has 1 saturated heterocycles. The number of nitrogens with one attached hydrogen (secondary N) is 1. The second-order valence-corrected chi connectivity index (χ2v) is 8.24. The summed E-state index contributed by atoms with van der Waals surface area (Å²) in [5.74, 6) is 1.75. The topological polar surface area (TPSA) is 71.5 Å². The molecule has 1 aromatic heterocycles. The van der Waals surface area contributed by atoms with Gasteiger partial charge in [-0.15, -0.1) is 0 Å². The lowest BCUT2D eigenvalue weighted by molar-refractivity contribution is -0.129. The van der Waals surface area contributed by atoms with E-state index in [0.717, 1.165) is 29.0 Å². The molecule has 2 heterocycles. The zero-order valence-electron chi connectivity index (χ0n) is 17.0. The second-order valence-electron chi connectivity index (χ2n) is 8.24. The molecule has 0 spiro atoms. The van der Waals surface area contributed by atoms with E-state index in [1.165, 1.54) is 12.8 Å². The number of amides is 2. The second kappa shape index (κ2) is 8.23. The Kier molecular flexibility index (Phi) is 5.51. The maximum Gasteiger partial charge on any atom is 0.225 e. The minimum absolute atomic E-state index is 0.0626. The van der Waals surface area contributed by atoms with Crippen LogP contribution >= 0.6 is 0 Å². The van der Waals surface area contributed by atoms with E-state index in [4.69, 9.17) is 4.74 Å². The molecule has 1 aliphatic heterocycles. The zero-order chi connectivity index (χ0) is 20.4. The fraction of sp³-hybridized carbons (Fsp3) is 0.435. The smallest absolute Gasteiger partial charge is 0.225 e. The summed E-state index contributed by atoms with van der Waals surface area (Å²) in [6.45, 7) is 5.77. The molecule has 4 rings (SSSR count). The molecule has 2 amide bonds. The minimum Gasteiger partial charge on any atom is -0.439 e. The van der Waals surface area contributed by atoms with Crippen LogP contribution in [0.25, 0.3) is 0 Å². The Morgan fingerprint density at radius 1 is 1.24 bits per heavy atom. The van der Waals surface area contributed by atoms with Crippen LogP contribution in [0.2, 0.25) is 0 Å². The molecule has 2 aliphatic rings. The van der Waals surface area contributed by atoms with Crippen molar-refractivity contribution in [3.8, 4) is 11.6 Å². The highest BCUT2D eigenvalue weighted by molar-refractivity contribution is 5.89. The van der Waals surface area contributed by atoms with Crippen LogP contribution in [0.15, 0.2) is 36.5 Å². The third-order valence-electron chi connectivity index (χ3n) is 5.58. The van der Waals surface area contributed by atoms with E-state index in [-0.39, 0.29) is 17.7 Å². The van der Waals surface area contributed by atoms with Gasteiger partial charge in [0, 0.05) is 38.3 Å². The van der Waals surface area contributed by atoms with E-state index in [0.29, 0.717) is 31.3 Å². The van der Waals surface area contributed by atoms with Crippen molar-refractivity contribution in [3.05, 3.63) is 53.2 Å². The first-order valence-corrected chi connectivity index (χ1v) is 10.2. The number of hydrogen-bond acceptors (Lipinski definition) is 4. The Morgan fingerprint density at radius 3 is 2.79 bits per heavy atom. The van der Waals surface area contributed by atoms with E-state index in [9.17, 15) is 9.59 Å². The first-order chi connectivity index (χ1) is 14.0. The van der Waals surface area contributed by atoms with Crippen LogP contribution in [0.3, 0.4) is 0 Å². The molecule has 0 unspecified atom stereocenters. The first-order valence-electron chi connectivity index (χ1n) is 10.2. The Balaban J connectivity index is 1.28. The number of likely N-dealkylation sites (tertiary alicyclic amines) is 1. The van der Waals surface area contributed by atoms with Gasteiger partial charge in [0.05, 0.1) is 5.92 Å². The van der Waals surface area contributed by atoms with Crippen molar-refractivity contribution in [2.24, 2.45) is 11.8 Å². The molecule has 0 bridgehead atoms. The van der Waals surface area contributed by atoms with Crippen LogP contribution in [-0.2, 0) is 16.1 Å². The molecule has 6 heteroatoms. The number of pyridine rings is 1. The number of carbonyl (C=O) groups is 2. The number of rotatable bonds is 7. The molecule has 1 atom stereocenters. The summed E-state index contributed by atoms with van der Waals surface area (Å²) in [5, 5.41) is 2.94. The molecule has 0 radical (unpaired) electrons. The molecular weight excluding hydrogens is 366 g/mol. The molecule has 1 aliphatic carbocycles. The molecule has 2 fully saturated rings. The molecule has 1 N–H and O–H groups in total. The van der Waals surface area contributed by atoms with Crippen molar-refractivity contribution in [2.45, 2.75) is 39.7 Å². The van der Waals surface area contributed by atoms with Crippen LogP contribution in [0, 0.1) is 25.7 Å². The summed E-state index contributed by atoms with van der Waals surface area (Å²) in [4.78, 5) is 30.7. The van der Waals surface area contributed by atoms with Gasteiger partial charge < -0.3 is 15.0 Å². The quantitative estimate of drug-likeness (QED) is 0.783. The van der Waals surface area contributed by atoms with E-state index in [1.807, 2.05) is 43.0 Å². The number of aromatic nitrogens is 1. The molecular formula is C23H27N3O3. The van der Waals surface area contributed by atoms with Gasteiger partial charge in [0.25, 0.3) is 0 Å². The van der Waals surface area contributed by atoms with Gasteiger partial charge >= 0.3 is 0 Å². The van der Waals surface area contributed by atoms with Crippen LogP contribution in [0.5, 0.6) is 11.6 Å². The van der Waals surface area contributed by atoms with Crippen molar-refractivity contribution < 1.29 is 14.3 Å². The largest absolute Gasteiger partial charge is 0.439 e. The highest BCUT2D eigenvalue weighted by atomic mass is 16.5. The van der Waals surface area contributed by atoms with E-state index < -0.39 is 0 Å². The van der Waals surface area contributed by atoms with Gasteiger partial charge in [0.2, 0.25) is 17.7 Å². The molecule has 1 saturated carbocycles. The van der Waals surface area contributed by atoms with Crippen LogP contribution in [0.4, 0.5) is 0 Å². The van der Waals surface area contributed by atoms with Crippen LogP contribution < -0.4 is 10.1 Å². The molecule has 2 aromatic rings. The third-order valence-corrected chi connectivity index (χ3v) is 5.58. The van der Waals surface area contributed by atoms with Crippen LogP contribution in [-0.4, -0.2) is 34.8 Å². The fourth-order valence-corrected chi connectivity index (χ4v) is 3.58. The predicted octanol–water partition coefficient (Wildman–Crippen LogP) is 3.37. The zero-order valence-corrected chi connectivity index (χ0v) is 17.0. The van der Waals surface area contributed by atoms with Gasteiger partial charge in [-0.05, 0) is 55.4 Å². The first kappa shape index (κ1) is 19.4. The molecule has 6 nitrogen and oxygen atoms in total. The van der Waals surface area contributed by atoms with Crippen molar-refractivity contribution in [3.63, 3.8) is 0 Å². The van der Waals surface area contributed by atoms with Crippen molar-refractivity contribution in [1.82, 2.24) is 15.2 Å². The maximum absolute atomic E-state index is 12.5. The number of hydrogen-bond donors (Lipinski definition) is 1. The van der Waals surface area contributed by atoms with Gasteiger partial charge in [-0.3, -0.25) is 9.59 Å². The number of ether oxygens (including phenoxy) is 1. The Bertz CT molecular complexity index is 906. The molecule has 29 heavy (non-hydrogen) atoms. The van der Waals surface area contributed by atoms with E-state index >= 15 is 0 Å². The standard InChI is InChI=1S/C23H27N3O3/c1-15-3-4-16(2)20(9-15)29-21-8-7-18(11-24-21)12-25-23(28)19-10-22(27)26(14-19)13-17-5-6-17/h3-4,7-9,11,17,19H,5-6,10,12-14H2,1-2H3,(H,25,28)/t19-/m0/s1. The van der Waals surface area contributed by atoms with Gasteiger partial charge in [-0.1, -0.05) is 18.2 Å². The van der Waals surface area contributed by atoms with Crippen molar-refractivity contribution in [1.29, 1.82) is 0 Å². The Labute approximate surface area is 171 Å². The highest BCUT2D eigenvalue weighted by Crippen LogP contribution is 2.32. The predicted molar refractivity (Wildman–Crippen MR) is 109 cm³/mol. The summed E-state index contributed by atoms with van der Waals surface area (Å²) < 4.78 is 5.87. The van der Waals surface area contributed by atoms with E-state index in [1.54, 1.807) is 12.3 Å². The average molecular weight is 393 g/mol. The average Bonchev–Trinajstić information content (AvgIpc) is 3.45. The Morgan fingerprint density at radius 2 is 2.07 bits per heavy atom. The van der Waals surface area contributed by atoms with Crippen molar-refractivity contribution in [2.75, 3.05) is 13.1 Å². The van der Waals surface area contributed by atoms with Crippen molar-refractivity contribution >= 4 is 11.8 Å². The number of benzene rings is 1. The minimum atomic E-state index is -0.249. The maximum atomic E-state index is 12.5.